The predicted molar refractivity (Wildman–Crippen MR) is 66.6 cm³/mol. The van der Waals surface area contributed by atoms with Gasteiger partial charge in [-0.05, 0) is 50.2 Å². The number of nitrogens with zero attached hydrogens (tertiary/aromatic N) is 3. The molecule has 0 amide bonds. The van der Waals surface area contributed by atoms with Crippen molar-refractivity contribution < 1.29 is 4.39 Å². The highest BCUT2D eigenvalue weighted by molar-refractivity contribution is 5.53. The lowest BCUT2D eigenvalue weighted by Crippen LogP contribution is -2.29. The average Bonchev–Trinajstić information content (AvgIpc) is 2.90. The summed E-state index contributed by atoms with van der Waals surface area (Å²) in [5, 5.41) is 7.82. The minimum absolute atomic E-state index is 0.239. The van der Waals surface area contributed by atoms with Crippen LogP contribution in [0.3, 0.4) is 0 Å². The van der Waals surface area contributed by atoms with Crippen LogP contribution in [0.15, 0.2) is 30.6 Å². The van der Waals surface area contributed by atoms with Crippen molar-refractivity contribution in [1.82, 2.24) is 20.1 Å². The van der Waals surface area contributed by atoms with E-state index in [9.17, 15) is 4.39 Å². The molecule has 1 saturated heterocycles. The number of piperidine rings is 1. The summed E-state index contributed by atoms with van der Waals surface area (Å²) in [5.74, 6) is 0.421. The second-order valence-electron chi connectivity index (χ2n) is 4.54. The standard InChI is InChI=1S/C13H15FN4/c14-11-3-1-10(2-4-11)13-16-9-18(17-13)12-5-7-15-8-6-12/h1-4,9,12,15H,5-8H2. The van der Waals surface area contributed by atoms with Crippen LogP contribution in [0.1, 0.15) is 18.9 Å². The first-order valence-electron chi connectivity index (χ1n) is 6.21. The highest BCUT2D eigenvalue weighted by atomic mass is 19.1. The molecule has 5 heteroatoms. The van der Waals surface area contributed by atoms with Crippen molar-refractivity contribution in [3.05, 3.63) is 36.4 Å². The topological polar surface area (TPSA) is 42.7 Å². The van der Waals surface area contributed by atoms with E-state index in [4.69, 9.17) is 0 Å². The molecule has 0 atom stereocenters. The molecule has 1 aliphatic rings. The minimum atomic E-state index is -0.239. The maximum Gasteiger partial charge on any atom is 0.181 e. The van der Waals surface area contributed by atoms with E-state index in [0.717, 1.165) is 31.5 Å². The van der Waals surface area contributed by atoms with Crippen molar-refractivity contribution in [1.29, 1.82) is 0 Å². The number of nitrogens with one attached hydrogen (secondary N) is 1. The van der Waals surface area contributed by atoms with Gasteiger partial charge >= 0.3 is 0 Å². The van der Waals surface area contributed by atoms with E-state index in [-0.39, 0.29) is 5.82 Å². The zero-order valence-corrected chi connectivity index (χ0v) is 10.0. The molecule has 1 aromatic carbocycles. The molecule has 4 nitrogen and oxygen atoms in total. The van der Waals surface area contributed by atoms with Crippen molar-refractivity contribution in [2.24, 2.45) is 0 Å². The van der Waals surface area contributed by atoms with E-state index in [0.29, 0.717) is 11.9 Å². The molecule has 18 heavy (non-hydrogen) atoms. The summed E-state index contributed by atoms with van der Waals surface area (Å²) < 4.78 is 14.8. The zero-order chi connectivity index (χ0) is 12.4. The van der Waals surface area contributed by atoms with Crippen molar-refractivity contribution in [2.45, 2.75) is 18.9 Å². The maximum absolute atomic E-state index is 12.8. The van der Waals surface area contributed by atoms with Gasteiger partial charge in [0.15, 0.2) is 5.82 Å². The van der Waals surface area contributed by atoms with Crippen LogP contribution in [-0.2, 0) is 0 Å². The summed E-state index contributed by atoms with van der Waals surface area (Å²) >= 11 is 0. The van der Waals surface area contributed by atoms with E-state index in [1.54, 1.807) is 18.5 Å². The van der Waals surface area contributed by atoms with Gasteiger partial charge in [0.25, 0.3) is 0 Å². The third kappa shape index (κ3) is 2.26. The lowest BCUT2D eigenvalue weighted by atomic mass is 10.1. The second-order valence-corrected chi connectivity index (χ2v) is 4.54. The monoisotopic (exact) mass is 246 g/mol. The summed E-state index contributed by atoms with van der Waals surface area (Å²) in [4.78, 5) is 4.30. The van der Waals surface area contributed by atoms with E-state index >= 15 is 0 Å². The van der Waals surface area contributed by atoms with Crippen LogP contribution in [-0.4, -0.2) is 27.9 Å². The first kappa shape index (κ1) is 11.3. The summed E-state index contributed by atoms with van der Waals surface area (Å²) in [6, 6.07) is 6.70. The first-order chi connectivity index (χ1) is 8.83. The molecule has 0 spiro atoms. The Morgan fingerprint density at radius 2 is 1.89 bits per heavy atom. The molecule has 0 radical (unpaired) electrons. The first-order valence-corrected chi connectivity index (χ1v) is 6.21. The quantitative estimate of drug-likeness (QED) is 0.881. The Kier molecular flexibility index (Phi) is 3.06. The number of halogens is 1. The lowest BCUT2D eigenvalue weighted by Gasteiger charge is -2.22. The van der Waals surface area contributed by atoms with Crippen molar-refractivity contribution in [3.63, 3.8) is 0 Å². The van der Waals surface area contributed by atoms with E-state index in [1.807, 2.05) is 4.68 Å². The smallest absolute Gasteiger partial charge is 0.181 e. The average molecular weight is 246 g/mol. The van der Waals surface area contributed by atoms with Gasteiger partial charge in [-0.25, -0.2) is 14.1 Å². The molecule has 0 bridgehead atoms. The molecule has 1 N–H and O–H groups in total. The van der Waals surface area contributed by atoms with Crippen molar-refractivity contribution >= 4 is 0 Å². The Morgan fingerprint density at radius 3 is 2.61 bits per heavy atom. The van der Waals surface area contributed by atoms with Crippen LogP contribution in [0.2, 0.25) is 0 Å². The third-order valence-corrected chi connectivity index (χ3v) is 3.29. The van der Waals surface area contributed by atoms with Crippen LogP contribution >= 0.6 is 0 Å². The van der Waals surface area contributed by atoms with Crippen LogP contribution in [0.5, 0.6) is 0 Å². The minimum Gasteiger partial charge on any atom is -0.317 e. The Labute approximate surface area is 105 Å². The Bertz CT molecular complexity index is 514. The molecule has 0 aliphatic carbocycles. The van der Waals surface area contributed by atoms with E-state index in [2.05, 4.69) is 15.4 Å². The Hall–Kier alpha value is -1.75. The number of aromatic nitrogens is 3. The maximum atomic E-state index is 12.8. The summed E-state index contributed by atoms with van der Waals surface area (Å²) in [6.07, 6.45) is 3.92. The molecular formula is C13H15FN4. The van der Waals surface area contributed by atoms with Gasteiger partial charge in [-0.2, -0.15) is 5.10 Å². The van der Waals surface area contributed by atoms with Crippen LogP contribution in [0, 0.1) is 5.82 Å². The Morgan fingerprint density at radius 1 is 1.17 bits per heavy atom. The number of rotatable bonds is 2. The molecule has 3 rings (SSSR count). The largest absolute Gasteiger partial charge is 0.317 e. The molecule has 94 valence electrons. The van der Waals surface area contributed by atoms with Gasteiger partial charge in [-0.3, -0.25) is 0 Å². The lowest BCUT2D eigenvalue weighted by molar-refractivity contribution is 0.343. The Balaban J connectivity index is 1.82. The molecule has 1 fully saturated rings. The molecule has 0 unspecified atom stereocenters. The van der Waals surface area contributed by atoms with Crippen LogP contribution in [0.4, 0.5) is 4.39 Å². The van der Waals surface area contributed by atoms with Gasteiger partial charge in [-0.1, -0.05) is 0 Å². The molecule has 1 aromatic heterocycles. The fourth-order valence-corrected chi connectivity index (χ4v) is 2.25. The van der Waals surface area contributed by atoms with Crippen LogP contribution < -0.4 is 5.32 Å². The predicted octanol–water partition coefficient (Wildman–Crippen LogP) is 2.01. The third-order valence-electron chi connectivity index (χ3n) is 3.29. The van der Waals surface area contributed by atoms with Crippen LogP contribution in [0.25, 0.3) is 11.4 Å². The highest BCUT2D eigenvalue weighted by Crippen LogP contribution is 2.20. The van der Waals surface area contributed by atoms with Gasteiger partial charge in [0.2, 0.25) is 0 Å². The van der Waals surface area contributed by atoms with Gasteiger partial charge in [0.1, 0.15) is 12.1 Å². The summed E-state index contributed by atoms with van der Waals surface area (Å²) in [6.45, 7) is 2.05. The normalized spacial score (nSPS) is 16.9. The van der Waals surface area contributed by atoms with Gasteiger partial charge in [-0.15, -0.1) is 0 Å². The molecular weight excluding hydrogens is 231 g/mol. The van der Waals surface area contributed by atoms with Crippen molar-refractivity contribution in [3.8, 4) is 11.4 Å². The summed E-state index contributed by atoms with van der Waals surface area (Å²) in [5.41, 5.74) is 0.851. The molecule has 1 aliphatic heterocycles. The number of hydrogen-bond donors (Lipinski definition) is 1. The molecule has 2 heterocycles. The van der Waals surface area contributed by atoms with Gasteiger partial charge in [0.05, 0.1) is 6.04 Å². The number of benzene rings is 1. The van der Waals surface area contributed by atoms with E-state index < -0.39 is 0 Å². The van der Waals surface area contributed by atoms with Gasteiger partial charge in [0, 0.05) is 5.56 Å². The molecule has 2 aromatic rings. The highest BCUT2D eigenvalue weighted by Gasteiger charge is 2.16. The number of hydrogen-bond acceptors (Lipinski definition) is 3. The van der Waals surface area contributed by atoms with Gasteiger partial charge < -0.3 is 5.32 Å². The zero-order valence-electron chi connectivity index (χ0n) is 10.0. The van der Waals surface area contributed by atoms with E-state index in [1.165, 1.54) is 12.1 Å². The fraction of sp³-hybridized carbons (Fsp3) is 0.385. The second kappa shape index (κ2) is 4.86. The molecule has 0 saturated carbocycles. The summed E-state index contributed by atoms with van der Waals surface area (Å²) in [7, 11) is 0. The SMILES string of the molecule is Fc1ccc(-c2ncn(C3CCNCC3)n2)cc1. The fourth-order valence-electron chi connectivity index (χ4n) is 2.25. The van der Waals surface area contributed by atoms with Crippen molar-refractivity contribution in [2.75, 3.05) is 13.1 Å².